The van der Waals surface area contributed by atoms with Crippen LogP contribution >= 0.6 is 15.9 Å². The molecule has 0 amide bonds. The number of halogens is 1. The van der Waals surface area contributed by atoms with E-state index in [2.05, 4.69) is 25.6 Å². The van der Waals surface area contributed by atoms with Crippen LogP contribution in [0.1, 0.15) is 6.92 Å². The minimum atomic E-state index is -3.70. The molecule has 0 unspecified atom stereocenters. The Labute approximate surface area is 126 Å². The van der Waals surface area contributed by atoms with Gasteiger partial charge >= 0.3 is 0 Å². The first kappa shape index (κ1) is 14.8. The molecule has 2 aromatic rings. The normalized spacial score (nSPS) is 11.1. The molecule has 1 aromatic carbocycles. The van der Waals surface area contributed by atoms with Crippen LogP contribution in [0.4, 0.5) is 5.69 Å². The zero-order valence-electron chi connectivity index (χ0n) is 10.7. The smallest absolute Gasteiger partial charge is 0.263 e. The molecule has 0 saturated carbocycles. The summed E-state index contributed by atoms with van der Waals surface area (Å²) in [7, 11) is -3.70. The van der Waals surface area contributed by atoms with E-state index in [1.165, 1.54) is 6.07 Å². The van der Waals surface area contributed by atoms with E-state index in [-0.39, 0.29) is 10.8 Å². The van der Waals surface area contributed by atoms with Crippen LogP contribution in [0.3, 0.4) is 0 Å². The second kappa shape index (κ2) is 6.23. The van der Waals surface area contributed by atoms with E-state index in [1.807, 2.05) is 0 Å². The van der Waals surface area contributed by atoms with E-state index in [1.54, 1.807) is 43.5 Å². The van der Waals surface area contributed by atoms with Crippen LogP contribution in [0, 0.1) is 0 Å². The fourth-order valence-corrected chi connectivity index (χ4v) is 3.64. The quantitative estimate of drug-likeness (QED) is 0.893. The van der Waals surface area contributed by atoms with Crippen molar-refractivity contribution in [3.63, 3.8) is 0 Å². The zero-order chi connectivity index (χ0) is 14.6. The van der Waals surface area contributed by atoms with Gasteiger partial charge in [-0.25, -0.2) is 13.4 Å². The molecule has 0 fully saturated rings. The van der Waals surface area contributed by atoms with Gasteiger partial charge in [0.2, 0.25) is 5.88 Å². The molecule has 5 nitrogen and oxygen atoms in total. The first-order valence-electron chi connectivity index (χ1n) is 5.89. The van der Waals surface area contributed by atoms with Crippen molar-refractivity contribution in [1.29, 1.82) is 0 Å². The fourth-order valence-electron chi connectivity index (χ4n) is 1.58. The lowest BCUT2D eigenvalue weighted by Gasteiger charge is -2.12. The molecule has 0 aliphatic rings. The average Bonchev–Trinajstić information content (AvgIpc) is 2.41. The van der Waals surface area contributed by atoms with E-state index in [9.17, 15) is 8.42 Å². The molecule has 0 aliphatic carbocycles. The highest BCUT2D eigenvalue weighted by atomic mass is 79.9. The maximum absolute atomic E-state index is 12.4. The second-order valence-corrected chi connectivity index (χ2v) is 6.33. The van der Waals surface area contributed by atoms with Gasteiger partial charge in [0.15, 0.2) is 0 Å². The first-order chi connectivity index (χ1) is 9.54. The van der Waals surface area contributed by atoms with E-state index in [0.717, 1.165) is 0 Å². The van der Waals surface area contributed by atoms with E-state index < -0.39 is 10.0 Å². The van der Waals surface area contributed by atoms with Crippen molar-refractivity contribution in [3.8, 4) is 5.88 Å². The van der Waals surface area contributed by atoms with E-state index in [0.29, 0.717) is 16.8 Å². The van der Waals surface area contributed by atoms with Gasteiger partial charge < -0.3 is 4.74 Å². The van der Waals surface area contributed by atoms with Crippen molar-refractivity contribution < 1.29 is 13.2 Å². The van der Waals surface area contributed by atoms with Crippen LogP contribution in [0.2, 0.25) is 0 Å². The number of nitrogens with one attached hydrogen (secondary N) is 1. The lowest BCUT2D eigenvalue weighted by Crippen LogP contribution is -2.14. The molecule has 0 saturated heterocycles. The third kappa shape index (κ3) is 3.29. The number of hydrogen-bond acceptors (Lipinski definition) is 4. The molecule has 20 heavy (non-hydrogen) atoms. The molecule has 2 rings (SSSR count). The maximum atomic E-state index is 12.4. The SMILES string of the molecule is CCOc1ncccc1NS(=O)(=O)c1ccccc1Br. The summed E-state index contributed by atoms with van der Waals surface area (Å²) in [5.74, 6) is 0.255. The topological polar surface area (TPSA) is 68.3 Å². The standard InChI is InChI=1S/C13H13BrN2O3S/c1-2-19-13-11(7-5-9-15-13)16-20(17,18)12-8-4-3-6-10(12)14/h3-9,16H,2H2,1H3. The number of rotatable bonds is 5. The summed E-state index contributed by atoms with van der Waals surface area (Å²) in [6, 6.07) is 9.84. The Bertz CT molecular complexity index is 704. The lowest BCUT2D eigenvalue weighted by atomic mass is 10.4. The molecule has 106 valence electrons. The molecular weight excluding hydrogens is 344 g/mol. The van der Waals surface area contributed by atoms with Crippen LogP contribution in [0.25, 0.3) is 0 Å². The predicted octanol–water partition coefficient (Wildman–Crippen LogP) is 3.04. The molecule has 0 radical (unpaired) electrons. The Balaban J connectivity index is 2.37. The van der Waals surface area contributed by atoms with Gasteiger partial charge in [0.05, 0.1) is 6.61 Å². The summed E-state index contributed by atoms with van der Waals surface area (Å²) in [6.07, 6.45) is 1.54. The number of ether oxygens (including phenoxy) is 1. The molecule has 0 bridgehead atoms. The van der Waals surface area contributed by atoms with Gasteiger partial charge in [-0.3, -0.25) is 4.72 Å². The maximum Gasteiger partial charge on any atom is 0.263 e. The largest absolute Gasteiger partial charge is 0.476 e. The van der Waals surface area contributed by atoms with Crippen LogP contribution in [0.15, 0.2) is 52.0 Å². The van der Waals surface area contributed by atoms with Crippen molar-refractivity contribution in [1.82, 2.24) is 4.98 Å². The Kier molecular flexibility index (Phi) is 4.61. The monoisotopic (exact) mass is 356 g/mol. The average molecular weight is 357 g/mol. The van der Waals surface area contributed by atoms with Crippen molar-refractivity contribution in [3.05, 3.63) is 47.1 Å². The number of hydrogen-bond donors (Lipinski definition) is 1. The first-order valence-corrected chi connectivity index (χ1v) is 8.17. The number of aromatic nitrogens is 1. The Morgan fingerprint density at radius 3 is 2.70 bits per heavy atom. The van der Waals surface area contributed by atoms with Crippen LogP contribution < -0.4 is 9.46 Å². The highest BCUT2D eigenvalue weighted by Crippen LogP contribution is 2.27. The van der Waals surface area contributed by atoms with Crippen LogP contribution in [-0.2, 0) is 10.0 Å². The van der Waals surface area contributed by atoms with Gasteiger partial charge in [0.25, 0.3) is 10.0 Å². The molecule has 0 aliphatic heterocycles. The van der Waals surface area contributed by atoms with Gasteiger partial charge in [-0.05, 0) is 47.1 Å². The summed E-state index contributed by atoms with van der Waals surface area (Å²) >= 11 is 3.23. The van der Waals surface area contributed by atoms with Gasteiger partial charge in [-0.15, -0.1) is 0 Å². The van der Waals surface area contributed by atoms with E-state index in [4.69, 9.17) is 4.74 Å². The summed E-state index contributed by atoms with van der Waals surface area (Å²) < 4.78 is 33.0. The zero-order valence-corrected chi connectivity index (χ0v) is 13.1. The van der Waals surface area contributed by atoms with Crippen molar-refractivity contribution in [2.45, 2.75) is 11.8 Å². The summed E-state index contributed by atoms with van der Waals surface area (Å²) in [5.41, 5.74) is 0.310. The molecule has 1 aromatic heterocycles. The van der Waals surface area contributed by atoms with Crippen LogP contribution in [-0.4, -0.2) is 20.0 Å². The fraction of sp³-hybridized carbons (Fsp3) is 0.154. The van der Waals surface area contributed by atoms with E-state index >= 15 is 0 Å². The van der Waals surface area contributed by atoms with Crippen molar-refractivity contribution >= 4 is 31.6 Å². The Hall–Kier alpha value is -1.60. The van der Waals surface area contributed by atoms with Crippen molar-refractivity contribution in [2.24, 2.45) is 0 Å². The Morgan fingerprint density at radius 1 is 1.25 bits per heavy atom. The highest BCUT2D eigenvalue weighted by Gasteiger charge is 2.19. The minimum absolute atomic E-state index is 0.159. The summed E-state index contributed by atoms with van der Waals surface area (Å²) in [5, 5.41) is 0. The summed E-state index contributed by atoms with van der Waals surface area (Å²) in [4.78, 5) is 4.17. The summed E-state index contributed by atoms with van der Waals surface area (Å²) in [6.45, 7) is 2.21. The minimum Gasteiger partial charge on any atom is -0.476 e. The highest BCUT2D eigenvalue weighted by molar-refractivity contribution is 9.10. The number of pyridine rings is 1. The van der Waals surface area contributed by atoms with Gasteiger partial charge in [-0.1, -0.05) is 12.1 Å². The number of nitrogens with zero attached hydrogens (tertiary/aromatic N) is 1. The van der Waals surface area contributed by atoms with Gasteiger partial charge in [0.1, 0.15) is 10.6 Å². The number of sulfonamides is 1. The Morgan fingerprint density at radius 2 is 2.00 bits per heavy atom. The molecule has 7 heteroatoms. The van der Waals surface area contributed by atoms with Gasteiger partial charge in [0, 0.05) is 10.7 Å². The molecule has 1 N–H and O–H groups in total. The number of anilines is 1. The third-order valence-corrected chi connectivity index (χ3v) is 4.80. The second-order valence-electron chi connectivity index (χ2n) is 3.83. The molecule has 0 atom stereocenters. The molecule has 1 heterocycles. The number of benzene rings is 1. The predicted molar refractivity (Wildman–Crippen MR) is 80.4 cm³/mol. The lowest BCUT2D eigenvalue weighted by molar-refractivity contribution is 0.329. The molecule has 0 spiro atoms. The van der Waals surface area contributed by atoms with Crippen LogP contribution in [0.5, 0.6) is 5.88 Å². The van der Waals surface area contributed by atoms with Crippen molar-refractivity contribution in [2.75, 3.05) is 11.3 Å². The van der Waals surface area contributed by atoms with Gasteiger partial charge in [-0.2, -0.15) is 0 Å². The molecular formula is C13H13BrN2O3S. The third-order valence-electron chi connectivity index (χ3n) is 2.42.